The summed E-state index contributed by atoms with van der Waals surface area (Å²) in [6.45, 7) is 0.368. The van der Waals surface area contributed by atoms with Crippen LogP contribution in [0.3, 0.4) is 0 Å². The van der Waals surface area contributed by atoms with E-state index in [0.29, 0.717) is 17.3 Å². The Kier molecular flexibility index (Phi) is 3.85. The van der Waals surface area contributed by atoms with Crippen molar-refractivity contribution in [2.75, 3.05) is 16.8 Å². The Bertz CT molecular complexity index is 711. The lowest BCUT2D eigenvalue weighted by atomic mass is 10.1. The summed E-state index contributed by atoms with van der Waals surface area (Å²) < 4.78 is 1.61. The summed E-state index contributed by atoms with van der Waals surface area (Å²) in [6, 6.07) is 7.02. The maximum absolute atomic E-state index is 12.3. The second kappa shape index (κ2) is 5.81. The molecule has 1 saturated heterocycles. The van der Waals surface area contributed by atoms with Crippen LogP contribution < -0.4 is 10.2 Å². The third-order valence-corrected chi connectivity index (χ3v) is 3.86. The standard InChI is InChI=1S/C15H15ClN4O2/c1-19-9-12(7-17-19)18-15(22)10-6-14(21)20(8-10)13-4-2-11(16)3-5-13/h2-5,7,9-10H,6,8H2,1H3,(H,18,22)/t10-/m1/s1. The average Bonchev–Trinajstić information content (AvgIpc) is 3.06. The van der Waals surface area contributed by atoms with Gasteiger partial charge >= 0.3 is 0 Å². The molecule has 1 N–H and O–H groups in total. The number of hydrogen-bond acceptors (Lipinski definition) is 3. The van der Waals surface area contributed by atoms with Crippen LogP contribution in [0.1, 0.15) is 6.42 Å². The molecular weight excluding hydrogens is 304 g/mol. The van der Waals surface area contributed by atoms with Crippen molar-refractivity contribution in [3.05, 3.63) is 41.7 Å². The molecule has 2 amide bonds. The van der Waals surface area contributed by atoms with E-state index in [-0.39, 0.29) is 24.2 Å². The molecule has 0 unspecified atom stereocenters. The minimum absolute atomic E-state index is 0.0614. The van der Waals surface area contributed by atoms with Crippen LogP contribution in [0.25, 0.3) is 0 Å². The Morgan fingerprint density at radius 3 is 2.73 bits per heavy atom. The molecule has 0 saturated carbocycles. The molecule has 0 radical (unpaired) electrons. The van der Waals surface area contributed by atoms with Crippen LogP contribution >= 0.6 is 11.6 Å². The predicted molar refractivity (Wildman–Crippen MR) is 83.7 cm³/mol. The average molecular weight is 319 g/mol. The van der Waals surface area contributed by atoms with Crippen LogP contribution in [0.5, 0.6) is 0 Å². The van der Waals surface area contributed by atoms with E-state index in [9.17, 15) is 9.59 Å². The van der Waals surface area contributed by atoms with E-state index < -0.39 is 0 Å². The van der Waals surface area contributed by atoms with Gasteiger partial charge < -0.3 is 10.2 Å². The summed E-state index contributed by atoms with van der Waals surface area (Å²) in [5.74, 6) is -0.602. The highest BCUT2D eigenvalue weighted by Gasteiger charge is 2.35. The van der Waals surface area contributed by atoms with Crippen molar-refractivity contribution >= 4 is 34.8 Å². The molecule has 1 fully saturated rings. The van der Waals surface area contributed by atoms with Crippen molar-refractivity contribution in [1.29, 1.82) is 0 Å². The maximum atomic E-state index is 12.3. The van der Waals surface area contributed by atoms with Gasteiger partial charge in [0.15, 0.2) is 0 Å². The number of benzene rings is 1. The van der Waals surface area contributed by atoms with Crippen molar-refractivity contribution in [2.24, 2.45) is 13.0 Å². The lowest BCUT2D eigenvalue weighted by Gasteiger charge is -2.16. The van der Waals surface area contributed by atoms with Crippen LogP contribution in [-0.2, 0) is 16.6 Å². The molecule has 7 heteroatoms. The molecule has 1 aliphatic heterocycles. The SMILES string of the molecule is Cn1cc(NC(=O)[C@@H]2CC(=O)N(c3ccc(Cl)cc3)C2)cn1. The Labute approximate surface area is 132 Å². The number of carbonyl (C=O) groups excluding carboxylic acids is 2. The number of aryl methyl sites for hydroxylation is 1. The van der Waals surface area contributed by atoms with Gasteiger partial charge in [0.1, 0.15) is 0 Å². The fraction of sp³-hybridized carbons (Fsp3) is 0.267. The Morgan fingerprint density at radius 1 is 1.36 bits per heavy atom. The van der Waals surface area contributed by atoms with Gasteiger partial charge in [-0.15, -0.1) is 0 Å². The van der Waals surface area contributed by atoms with Gasteiger partial charge in [0.05, 0.1) is 17.8 Å². The van der Waals surface area contributed by atoms with Crippen molar-refractivity contribution in [3.8, 4) is 0 Å². The Morgan fingerprint density at radius 2 is 2.09 bits per heavy atom. The van der Waals surface area contributed by atoms with Gasteiger partial charge in [0, 0.05) is 36.9 Å². The zero-order chi connectivity index (χ0) is 15.7. The molecule has 114 valence electrons. The number of aromatic nitrogens is 2. The summed E-state index contributed by atoms with van der Waals surface area (Å²) in [5.41, 5.74) is 1.39. The van der Waals surface area contributed by atoms with E-state index in [4.69, 9.17) is 11.6 Å². The third kappa shape index (κ3) is 2.96. The van der Waals surface area contributed by atoms with Gasteiger partial charge in [-0.2, -0.15) is 5.10 Å². The fourth-order valence-corrected chi connectivity index (χ4v) is 2.61. The van der Waals surface area contributed by atoms with E-state index in [1.807, 2.05) is 0 Å². The normalized spacial score (nSPS) is 17.8. The molecule has 1 aromatic carbocycles. The monoisotopic (exact) mass is 318 g/mol. The number of rotatable bonds is 3. The fourth-order valence-electron chi connectivity index (χ4n) is 2.48. The molecule has 1 aliphatic rings. The van der Waals surface area contributed by atoms with Crippen LogP contribution in [0.15, 0.2) is 36.7 Å². The number of carbonyl (C=O) groups is 2. The summed E-state index contributed by atoms with van der Waals surface area (Å²) in [6.07, 6.45) is 3.49. The quantitative estimate of drug-likeness (QED) is 0.942. The molecule has 22 heavy (non-hydrogen) atoms. The number of nitrogens with zero attached hydrogens (tertiary/aromatic N) is 3. The summed E-state index contributed by atoms with van der Waals surface area (Å²) >= 11 is 5.85. The highest BCUT2D eigenvalue weighted by molar-refractivity contribution is 6.30. The maximum Gasteiger partial charge on any atom is 0.229 e. The van der Waals surface area contributed by atoms with E-state index in [2.05, 4.69) is 10.4 Å². The number of amides is 2. The van der Waals surface area contributed by atoms with Crippen LogP contribution in [0, 0.1) is 5.92 Å². The smallest absolute Gasteiger partial charge is 0.229 e. The first-order valence-electron chi connectivity index (χ1n) is 6.88. The molecule has 0 aliphatic carbocycles. The first-order chi connectivity index (χ1) is 10.5. The second-order valence-corrected chi connectivity index (χ2v) is 5.71. The third-order valence-electron chi connectivity index (χ3n) is 3.61. The minimum atomic E-state index is -0.372. The van der Waals surface area contributed by atoms with Gasteiger partial charge in [-0.3, -0.25) is 14.3 Å². The van der Waals surface area contributed by atoms with E-state index in [1.54, 1.807) is 53.3 Å². The lowest BCUT2D eigenvalue weighted by molar-refractivity contribution is -0.122. The van der Waals surface area contributed by atoms with Crippen LogP contribution in [0.4, 0.5) is 11.4 Å². The summed E-state index contributed by atoms with van der Waals surface area (Å²) in [5, 5.41) is 7.39. The topological polar surface area (TPSA) is 67.2 Å². The minimum Gasteiger partial charge on any atom is -0.323 e. The number of halogens is 1. The highest BCUT2D eigenvalue weighted by Crippen LogP contribution is 2.27. The van der Waals surface area contributed by atoms with E-state index in [0.717, 1.165) is 5.69 Å². The number of nitrogens with one attached hydrogen (secondary N) is 1. The van der Waals surface area contributed by atoms with Crippen LogP contribution in [-0.4, -0.2) is 28.1 Å². The second-order valence-electron chi connectivity index (χ2n) is 5.27. The number of anilines is 2. The highest BCUT2D eigenvalue weighted by atomic mass is 35.5. The summed E-state index contributed by atoms with van der Waals surface area (Å²) in [4.78, 5) is 26.0. The van der Waals surface area contributed by atoms with Gasteiger partial charge in [-0.25, -0.2) is 0 Å². The lowest BCUT2D eigenvalue weighted by Crippen LogP contribution is -2.28. The molecule has 1 aromatic heterocycles. The molecule has 3 rings (SSSR count). The molecular formula is C15H15ClN4O2. The first-order valence-corrected chi connectivity index (χ1v) is 7.26. The summed E-state index contributed by atoms with van der Waals surface area (Å²) in [7, 11) is 1.77. The van der Waals surface area contributed by atoms with E-state index in [1.165, 1.54) is 0 Å². The largest absolute Gasteiger partial charge is 0.323 e. The molecule has 0 bridgehead atoms. The van der Waals surface area contributed by atoms with Crippen LogP contribution in [0.2, 0.25) is 5.02 Å². The zero-order valence-corrected chi connectivity index (χ0v) is 12.7. The van der Waals surface area contributed by atoms with Gasteiger partial charge in [0.2, 0.25) is 11.8 Å². The Balaban J connectivity index is 1.68. The van der Waals surface area contributed by atoms with Gasteiger partial charge in [-0.1, -0.05) is 11.6 Å². The molecule has 0 spiro atoms. The van der Waals surface area contributed by atoms with Crippen molar-refractivity contribution in [1.82, 2.24) is 9.78 Å². The predicted octanol–water partition coefficient (Wildman–Crippen LogP) is 2.07. The van der Waals surface area contributed by atoms with Gasteiger partial charge in [0.25, 0.3) is 0 Å². The van der Waals surface area contributed by atoms with Crippen molar-refractivity contribution in [3.63, 3.8) is 0 Å². The first kappa shape index (κ1) is 14.6. The zero-order valence-electron chi connectivity index (χ0n) is 12.0. The van der Waals surface area contributed by atoms with Crippen molar-refractivity contribution in [2.45, 2.75) is 6.42 Å². The Hall–Kier alpha value is -2.34. The molecule has 1 atom stereocenters. The van der Waals surface area contributed by atoms with Gasteiger partial charge in [-0.05, 0) is 24.3 Å². The molecule has 2 aromatic rings. The molecule has 2 heterocycles. The van der Waals surface area contributed by atoms with E-state index >= 15 is 0 Å². The van der Waals surface area contributed by atoms with Crippen molar-refractivity contribution < 1.29 is 9.59 Å². The molecule has 6 nitrogen and oxygen atoms in total. The number of hydrogen-bond donors (Lipinski definition) is 1.